The third-order valence-electron chi connectivity index (χ3n) is 2.42. The highest BCUT2D eigenvalue weighted by Crippen LogP contribution is 2.19. The molecule has 1 unspecified atom stereocenters. The predicted octanol–water partition coefficient (Wildman–Crippen LogP) is 0.880. The fourth-order valence-electron chi connectivity index (χ4n) is 1.56. The maximum Gasteiger partial charge on any atom is 0.327 e. The monoisotopic (exact) mass is 288 g/mol. The van der Waals surface area contributed by atoms with E-state index in [2.05, 4.69) is 14.7 Å². The standard InChI is InChI=1S/C9H12N4O3S2/c1-5-10-8(18-12-5)11-9(16)13-2-3-17-4-6(13)7(14)15/h6H,2-4H2,1H3,(H,14,15)(H,10,11,12,16). The lowest BCUT2D eigenvalue weighted by Gasteiger charge is -2.32. The van der Waals surface area contributed by atoms with Crippen molar-refractivity contribution in [1.29, 1.82) is 0 Å². The Balaban J connectivity index is 2.04. The first-order chi connectivity index (χ1) is 8.58. The van der Waals surface area contributed by atoms with E-state index >= 15 is 0 Å². The molecule has 1 aliphatic heterocycles. The van der Waals surface area contributed by atoms with E-state index < -0.39 is 18.0 Å². The maximum absolute atomic E-state index is 12.0. The van der Waals surface area contributed by atoms with Crippen molar-refractivity contribution in [3.8, 4) is 0 Å². The third-order valence-corrected chi connectivity index (χ3v) is 4.16. The first-order valence-electron chi connectivity index (χ1n) is 5.26. The lowest BCUT2D eigenvalue weighted by Crippen LogP contribution is -2.51. The van der Waals surface area contributed by atoms with E-state index in [1.807, 2.05) is 0 Å². The number of carbonyl (C=O) groups excluding carboxylic acids is 1. The third kappa shape index (κ3) is 2.91. The second kappa shape index (κ2) is 5.53. The highest BCUT2D eigenvalue weighted by Gasteiger charge is 2.32. The summed E-state index contributed by atoms with van der Waals surface area (Å²) in [5.41, 5.74) is 0. The first-order valence-corrected chi connectivity index (χ1v) is 7.19. The fraction of sp³-hybridized carbons (Fsp3) is 0.556. The van der Waals surface area contributed by atoms with Crippen molar-refractivity contribution >= 4 is 40.4 Å². The number of anilines is 1. The Hall–Kier alpha value is -1.35. The molecule has 2 N–H and O–H groups in total. The summed E-state index contributed by atoms with van der Waals surface area (Å²) < 4.78 is 3.95. The number of nitrogens with zero attached hydrogens (tertiary/aromatic N) is 3. The number of aryl methyl sites for hydroxylation is 1. The first kappa shape index (κ1) is 13.1. The van der Waals surface area contributed by atoms with Crippen LogP contribution in [0.2, 0.25) is 0 Å². The molecule has 9 heteroatoms. The number of carboxylic acid groups (broad SMARTS) is 1. The summed E-state index contributed by atoms with van der Waals surface area (Å²) in [5, 5.41) is 12.0. The molecule has 1 fully saturated rings. The number of hydrogen-bond acceptors (Lipinski definition) is 6. The average Bonchev–Trinajstić information content (AvgIpc) is 2.74. The quantitative estimate of drug-likeness (QED) is 0.838. The number of amides is 2. The Kier molecular flexibility index (Phi) is 4.02. The molecule has 2 heterocycles. The van der Waals surface area contributed by atoms with Crippen molar-refractivity contribution in [3.63, 3.8) is 0 Å². The molecule has 1 aromatic rings. The van der Waals surface area contributed by atoms with E-state index in [1.54, 1.807) is 6.92 Å². The number of rotatable bonds is 2. The van der Waals surface area contributed by atoms with Gasteiger partial charge in [0.05, 0.1) is 0 Å². The summed E-state index contributed by atoms with van der Waals surface area (Å²) in [4.78, 5) is 28.4. The van der Waals surface area contributed by atoms with Crippen LogP contribution < -0.4 is 5.32 Å². The van der Waals surface area contributed by atoms with Crippen LogP contribution in [0.4, 0.5) is 9.93 Å². The zero-order chi connectivity index (χ0) is 13.1. The van der Waals surface area contributed by atoms with Gasteiger partial charge in [-0.3, -0.25) is 5.32 Å². The minimum absolute atomic E-state index is 0.389. The molecule has 7 nitrogen and oxygen atoms in total. The number of nitrogens with one attached hydrogen (secondary N) is 1. The number of thioether (sulfide) groups is 1. The van der Waals surface area contributed by atoms with Crippen molar-refractivity contribution in [3.05, 3.63) is 5.82 Å². The molecular weight excluding hydrogens is 276 g/mol. The van der Waals surface area contributed by atoms with Crippen molar-refractivity contribution in [2.75, 3.05) is 23.4 Å². The molecule has 0 aromatic carbocycles. The number of urea groups is 1. The molecule has 1 atom stereocenters. The SMILES string of the molecule is Cc1nsc(NC(=O)N2CCSCC2C(=O)O)n1. The highest BCUT2D eigenvalue weighted by atomic mass is 32.2. The maximum atomic E-state index is 12.0. The molecule has 2 rings (SSSR count). The minimum atomic E-state index is -0.981. The summed E-state index contributed by atoms with van der Waals surface area (Å²) in [6, 6.07) is -1.21. The van der Waals surface area contributed by atoms with E-state index in [9.17, 15) is 9.59 Å². The van der Waals surface area contributed by atoms with E-state index in [0.29, 0.717) is 23.3 Å². The molecule has 1 saturated heterocycles. The summed E-state index contributed by atoms with van der Waals surface area (Å²) in [6.07, 6.45) is 0. The molecule has 0 spiro atoms. The average molecular weight is 288 g/mol. The van der Waals surface area contributed by atoms with Gasteiger partial charge in [0.25, 0.3) is 0 Å². The lowest BCUT2D eigenvalue weighted by atomic mass is 10.3. The van der Waals surface area contributed by atoms with Crippen LogP contribution in [0.5, 0.6) is 0 Å². The Morgan fingerprint density at radius 1 is 1.56 bits per heavy atom. The number of carbonyl (C=O) groups is 2. The van der Waals surface area contributed by atoms with Crippen LogP contribution in [-0.4, -0.2) is 55.5 Å². The fourth-order valence-corrected chi connectivity index (χ4v) is 3.17. The van der Waals surface area contributed by atoms with E-state index in [-0.39, 0.29) is 0 Å². The largest absolute Gasteiger partial charge is 0.480 e. The van der Waals surface area contributed by atoms with Gasteiger partial charge in [-0.1, -0.05) is 0 Å². The lowest BCUT2D eigenvalue weighted by molar-refractivity contribution is -0.141. The van der Waals surface area contributed by atoms with Crippen LogP contribution in [0.1, 0.15) is 5.82 Å². The summed E-state index contributed by atoms with van der Waals surface area (Å²) in [5.74, 6) is 0.759. The summed E-state index contributed by atoms with van der Waals surface area (Å²) in [6.45, 7) is 2.15. The zero-order valence-corrected chi connectivity index (χ0v) is 11.3. The highest BCUT2D eigenvalue weighted by molar-refractivity contribution is 7.99. The Bertz CT molecular complexity index is 464. The smallest absolute Gasteiger partial charge is 0.327 e. The Morgan fingerprint density at radius 2 is 2.33 bits per heavy atom. The van der Waals surface area contributed by atoms with Crippen molar-refractivity contribution < 1.29 is 14.7 Å². The minimum Gasteiger partial charge on any atom is -0.480 e. The van der Waals surface area contributed by atoms with E-state index in [4.69, 9.17) is 5.11 Å². The molecule has 0 bridgehead atoms. The van der Waals surface area contributed by atoms with Gasteiger partial charge in [0.2, 0.25) is 5.13 Å². The molecule has 1 aliphatic rings. The molecule has 98 valence electrons. The normalized spacial score (nSPS) is 19.6. The molecule has 0 radical (unpaired) electrons. The van der Waals surface area contributed by atoms with Crippen LogP contribution in [0.15, 0.2) is 0 Å². The van der Waals surface area contributed by atoms with Gasteiger partial charge in [-0.2, -0.15) is 16.1 Å². The number of aromatic nitrogens is 2. The van der Waals surface area contributed by atoms with Crippen molar-refractivity contribution in [1.82, 2.24) is 14.3 Å². The van der Waals surface area contributed by atoms with Gasteiger partial charge < -0.3 is 10.0 Å². The Morgan fingerprint density at radius 3 is 2.94 bits per heavy atom. The van der Waals surface area contributed by atoms with Crippen LogP contribution in [0.3, 0.4) is 0 Å². The number of aliphatic carboxylic acids is 1. The summed E-state index contributed by atoms with van der Waals surface area (Å²) in [7, 11) is 0. The zero-order valence-electron chi connectivity index (χ0n) is 9.62. The van der Waals surface area contributed by atoms with Gasteiger partial charge >= 0.3 is 12.0 Å². The van der Waals surface area contributed by atoms with Crippen molar-refractivity contribution in [2.45, 2.75) is 13.0 Å². The van der Waals surface area contributed by atoms with Crippen LogP contribution in [-0.2, 0) is 4.79 Å². The number of carboxylic acids is 1. The van der Waals surface area contributed by atoms with Crippen LogP contribution in [0.25, 0.3) is 0 Å². The second-order valence-electron chi connectivity index (χ2n) is 3.70. The molecule has 0 saturated carbocycles. The van der Waals surface area contributed by atoms with Gasteiger partial charge in [0.1, 0.15) is 11.9 Å². The molecule has 2 amide bonds. The topological polar surface area (TPSA) is 95.4 Å². The second-order valence-corrected chi connectivity index (χ2v) is 5.60. The Labute approximate surface area is 112 Å². The summed E-state index contributed by atoms with van der Waals surface area (Å²) >= 11 is 2.61. The van der Waals surface area contributed by atoms with Gasteiger partial charge in [0.15, 0.2) is 0 Å². The predicted molar refractivity (Wildman–Crippen MR) is 69.1 cm³/mol. The van der Waals surface area contributed by atoms with E-state index in [1.165, 1.54) is 16.7 Å². The van der Waals surface area contributed by atoms with Gasteiger partial charge in [-0.05, 0) is 6.92 Å². The molecule has 18 heavy (non-hydrogen) atoms. The van der Waals surface area contributed by atoms with E-state index in [0.717, 1.165) is 17.3 Å². The molecule has 0 aliphatic carbocycles. The van der Waals surface area contributed by atoms with Gasteiger partial charge in [-0.25, -0.2) is 14.6 Å². The molecule has 1 aromatic heterocycles. The van der Waals surface area contributed by atoms with Gasteiger partial charge in [0, 0.05) is 29.6 Å². The van der Waals surface area contributed by atoms with Crippen LogP contribution in [0, 0.1) is 6.92 Å². The number of hydrogen-bond donors (Lipinski definition) is 2. The molecular formula is C9H12N4O3S2. The van der Waals surface area contributed by atoms with Gasteiger partial charge in [-0.15, -0.1) is 0 Å². The van der Waals surface area contributed by atoms with Crippen molar-refractivity contribution in [2.24, 2.45) is 0 Å². The van der Waals surface area contributed by atoms with Crippen LogP contribution >= 0.6 is 23.3 Å².